The van der Waals surface area contributed by atoms with Crippen molar-refractivity contribution >= 4 is 38.9 Å². The van der Waals surface area contributed by atoms with Crippen molar-refractivity contribution < 1.29 is 8.42 Å². The van der Waals surface area contributed by atoms with Crippen LogP contribution in [0.25, 0.3) is 11.0 Å². The molecule has 0 unspecified atom stereocenters. The Labute approximate surface area is 168 Å². The number of hydrogen-bond donors (Lipinski definition) is 2. The molecule has 0 radical (unpaired) electrons. The van der Waals surface area contributed by atoms with Gasteiger partial charge in [-0.15, -0.1) is 0 Å². The van der Waals surface area contributed by atoms with E-state index >= 15 is 0 Å². The first kappa shape index (κ1) is 18.2. The molecule has 0 bridgehead atoms. The number of nitrogens with zero attached hydrogens (tertiary/aromatic N) is 5. The van der Waals surface area contributed by atoms with Crippen LogP contribution >= 0.6 is 0 Å². The van der Waals surface area contributed by atoms with Crippen LogP contribution in [0.1, 0.15) is 37.8 Å². The number of primary sulfonamides is 1. The Bertz CT molecular complexity index is 1210. The number of hydrogen-bond acceptors (Lipinski definition) is 7. The summed E-state index contributed by atoms with van der Waals surface area (Å²) in [6.07, 6.45) is 11.1. The first-order chi connectivity index (χ1) is 13.9. The fourth-order valence-electron chi connectivity index (χ4n) is 4.35. The van der Waals surface area contributed by atoms with Crippen LogP contribution in [0.15, 0.2) is 40.6 Å². The monoisotopic (exact) mass is 411 g/mol. The van der Waals surface area contributed by atoms with Crippen molar-refractivity contribution in [2.75, 3.05) is 5.32 Å². The summed E-state index contributed by atoms with van der Waals surface area (Å²) in [4.78, 5) is 17.7. The van der Waals surface area contributed by atoms with Gasteiger partial charge in [-0.1, -0.05) is 19.3 Å². The van der Waals surface area contributed by atoms with Crippen LogP contribution in [0.2, 0.25) is 0 Å². The van der Waals surface area contributed by atoms with Crippen molar-refractivity contribution in [1.82, 2.24) is 19.5 Å². The number of anilines is 2. The quantitative estimate of drug-likeness (QED) is 0.681. The van der Waals surface area contributed by atoms with Crippen molar-refractivity contribution in [3.05, 3.63) is 36.3 Å². The highest BCUT2D eigenvalue weighted by Crippen LogP contribution is 2.39. The minimum absolute atomic E-state index is 0.0993. The Morgan fingerprint density at radius 2 is 1.93 bits per heavy atom. The van der Waals surface area contributed by atoms with Gasteiger partial charge in [0, 0.05) is 23.5 Å². The molecule has 10 heteroatoms. The molecular weight excluding hydrogens is 390 g/mol. The number of aliphatic imine (C=N–C) groups is 1. The van der Waals surface area contributed by atoms with Crippen LogP contribution in [0, 0.1) is 0 Å². The zero-order chi connectivity index (χ0) is 20.1. The first-order valence-electron chi connectivity index (χ1n) is 9.59. The van der Waals surface area contributed by atoms with E-state index in [0.29, 0.717) is 18.2 Å². The third-order valence-corrected chi connectivity index (χ3v) is 6.48. The topological polar surface area (TPSA) is 128 Å². The lowest BCUT2D eigenvalue weighted by Crippen LogP contribution is -2.40. The predicted octanol–water partition coefficient (Wildman–Crippen LogP) is 2.46. The summed E-state index contributed by atoms with van der Waals surface area (Å²) in [5, 5.41) is 9.00. The van der Waals surface area contributed by atoms with Gasteiger partial charge < -0.3 is 9.88 Å². The molecule has 150 valence electrons. The maximum atomic E-state index is 11.4. The number of rotatable bonds is 3. The molecule has 2 aliphatic rings. The Morgan fingerprint density at radius 3 is 2.66 bits per heavy atom. The van der Waals surface area contributed by atoms with Gasteiger partial charge in [0.1, 0.15) is 5.65 Å². The van der Waals surface area contributed by atoms with Gasteiger partial charge in [0.05, 0.1) is 24.0 Å². The summed E-state index contributed by atoms with van der Waals surface area (Å²) < 4.78 is 25.1. The second-order valence-electron chi connectivity index (χ2n) is 7.63. The van der Waals surface area contributed by atoms with Gasteiger partial charge in [-0.25, -0.2) is 23.5 Å². The maximum Gasteiger partial charge on any atom is 0.255 e. The zero-order valence-electron chi connectivity index (χ0n) is 15.7. The van der Waals surface area contributed by atoms with Gasteiger partial charge in [-0.2, -0.15) is 4.98 Å². The molecule has 9 nitrogen and oxygen atoms in total. The predicted molar refractivity (Wildman–Crippen MR) is 110 cm³/mol. The number of aromatic nitrogens is 4. The van der Waals surface area contributed by atoms with E-state index in [1.807, 2.05) is 0 Å². The summed E-state index contributed by atoms with van der Waals surface area (Å²) in [6.45, 7) is 0.653. The Balaban J connectivity index is 1.52. The largest absolute Gasteiger partial charge is 0.323 e. The summed E-state index contributed by atoms with van der Waals surface area (Å²) in [6, 6.07) is 5.06. The van der Waals surface area contributed by atoms with Gasteiger partial charge in [0.15, 0.2) is 5.03 Å². The smallest absolute Gasteiger partial charge is 0.255 e. The molecule has 5 rings (SSSR count). The van der Waals surface area contributed by atoms with E-state index in [1.165, 1.54) is 31.5 Å². The van der Waals surface area contributed by atoms with Crippen LogP contribution in [0.4, 0.5) is 11.6 Å². The molecular formula is C19H21N7O2S. The van der Waals surface area contributed by atoms with E-state index in [1.54, 1.807) is 12.3 Å². The molecule has 3 aromatic rings. The molecule has 0 saturated heterocycles. The molecule has 29 heavy (non-hydrogen) atoms. The molecule has 3 N–H and O–H groups in total. The molecule has 1 aliphatic carbocycles. The van der Waals surface area contributed by atoms with E-state index in [-0.39, 0.29) is 10.6 Å². The van der Waals surface area contributed by atoms with Gasteiger partial charge in [0.2, 0.25) is 5.95 Å². The van der Waals surface area contributed by atoms with E-state index in [4.69, 9.17) is 10.1 Å². The molecule has 1 fully saturated rings. The van der Waals surface area contributed by atoms with Gasteiger partial charge in [0.25, 0.3) is 10.0 Å². The molecule has 0 atom stereocenters. The van der Waals surface area contributed by atoms with Crippen LogP contribution in [0.5, 0.6) is 0 Å². The van der Waals surface area contributed by atoms with Gasteiger partial charge in [-0.3, -0.25) is 4.99 Å². The maximum absolute atomic E-state index is 11.4. The fourth-order valence-corrected chi connectivity index (χ4v) is 4.81. The Hall–Kier alpha value is -2.85. The molecule has 0 amide bonds. The molecule has 1 saturated carbocycles. The lowest BCUT2D eigenvalue weighted by Gasteiger charge is -2.39. The fraction of sp³-hybridized carbons (Fsp3) is 0.368. The summed E-state index contributed by atoms with van der Waals surface area (Å²) in [5.74, 6) is 0.428. The van der Waals surface area contributed by atoms with Crippen LogP contribution in [0.3, 0.4) is 0 Å². The summed E-state index contributed by atoms with van der Waals surface area (Å²) in [5.41, 5.74) is 2.53. The highest BCUT2D eigenvalue weighted by Gasteiger charge is 2.37. The van der Waals surface area contributed by atoms with Crippen LogP contribution in [-0.2, 0) is 22.1 Å². The van der Waals surface area contributed by atoms with E-state index in [0.717, 1.165) is 29.6 Å². The number of pyridine rings is 1. The van der Waals surface area contributed by atoms with Crippen LogP contribution in [-0.4, -0.2) is 34.2 Å². The van der Waals surface area contributed by atoms with E-state index in [2.05, 4.69) is 37.1 Å². The average Bonchev–Trinajstić information content (AvgIpc) is 3.08. The second kappa shape index (κ2) is 6.60. The number of nitrogens with one attached hydrogen (secondary N) is 1. The highest BCUT2D eigenvalue weighted by molar-refractivity contribution is 7.89. The Morgan fingerprint density at radius 1 is 1.10 bits per heavy atom. The molecule has 3 aromatic heterocycles. The first-order valence-corrected chi connectivity index (χ1v) is 11.1. The van der Waals surface area contributed by atoms with Crippen molar-refractivity contribution in [2.24, 2.45) is 10.1 Å². The van der Waals surface area contributed by atoms with Crippen molar-refractivity contribution in [3.63, 3.8) is 0 Å². The lowest BCUT2D eigenvalue weighted by molar-refractivity contribution is 0.282. The third kappa shape index (κ3) is 3.18. The Kier molecular flexibility index (Phi) is 4.14. The molecule has 0 aromatic carbocycles. The van der Waals surface area contributed by atoms with Gasteiger partial charge >= 0.3 is 0 Å². The van der Waals surface area contributed by atoms with Crippen molar-refractivity contribution in [3.8, 4) is 0 Å². The minimum atomic E-state index is -3.83. The molecule has 1 spiro atoms. The second-order valence-corrected chi connectivity index (χ2v) is 9.14. The normalized spacial score (nSPS) is 18.1. The SMILES string of the molecule is NS(=O)(=O)c1ccc(Nc2ncc3cc4n(c3n2)C2(C=NC4)CCCCC2)cn1. The van der Waals surface area contributed by atoms with E-state index < -0.39 is 10.0 Å². The molecule has 4 heterocycles. The average molecular weight is 411 g/mol. The van der Waals surface area contributed by atoms with Crippen molar-refractivity contribution in [2.45, 2.75) is 49.2 Å². The standard InChI is InChI=1S/C19H21N7O2S/c20-29(27,28)16-5-4-14(10-22-16)24-18-23-9-13-8-15-11-21-12-19(6-2-1-3-7-19)26(15)17(13)25-18/h4-5,8-10,12H,1-3,6-7,11H2,(H2,20,27,28)(H,23,24,25). The summed E-state index contributed by atoms with van der Waals surface area (Å²) >= 11 is 0. The van der Waals surface area contributed by atoms with Crippen molar-refractivity contribution in [1.29, 1.82) is 0 Å². The number of fused-ring (bicyclic) bond motifs is 4. The zero-order valence-corrected chi connectivity index (χ0v) is 16.6. The molecule has 1 aliphatic heterocycles. The van der Waals surface area contributed by atoms with Gasteiger partial charge in [-0.05, 0) is 31.0 Å². The third-order valence-electron chi connectivity index (χ3n) is 5.65. The summed E-state index contributed by atoms with van der Waals surface area (Å²) in [7, 11) is -3.83. The van der Waals surface area contributed by atoms with Crippen LogP contribution < -0.4 is 10.5 Å². The number of nitrogens with two attached hydrogens (primary N) is 1. The highest BCUT2D eigenvalue weighted by atomic mass is 32.2. The minimum Gasteiger partial charge on any atom is -0.323 e. The van der Waals surface area contributed by atoms with E-state index in [9.17, 15) is 8.42 Å². The number of sulfonamides is 1. The lowest BCUT2D eigenvalue weighted by atomic mass is 9.81.